The largest absolute Gasteiger partial charge is 0.330 e. The molecule has 0 amide bonds. The molecular formula is C16H24Cl2N2. The van der Waals surface area contributed by atoms with Crippen molar-refractivity contribution < 1.29 is 0 Å². The lowest BCUT2D eigenvalue weighted by atomic mass is 9.88. The average molecular weight is 315 g/mol. The monoisotopic (exact) mass is 314 g/mol. The molecular weight excluding hydrogens is 291 g/mol. The molecule has 2 atom stereocenters. The summed E-state index contributed by atoms with van der Waals surface area (Å²) < 4.78 is 0. The van der Waals surface area contributed by atoms with Gasteiger partial charge in [-0.2, -0.15) is 0 Å². The third kappa shape index (κ3) is 3.30. The molecule has 2 rings (SSSR count). The molecule has 1 aromatic carbocycles. The Hall–Kier alpha value is -0.280. The molecule has 2 N–H and O–H groups in total. The normalized spacial score (nSPS) is 24.9. The van der Waals surface area contributed by atoms with Gasteiger partial charge in [0.25, 0.3) is 0 Å². The summed E-state index contributed by atoms with van der Waals surface area (Å²) in [5.74, 6) is 0.441. The minimum Gasteiger partial charge on any atom is -0.330 e. The van der Waals surface area contributed by atoms with Crippen LogP contribution >= 0.6 is 23.2 Å². The number of likely N-dealkylation sites (tertiary alicyclic amines) is 1. The fraction of sp³-hybridized carbons (Fsp3) is 0.625. The molecule has 20 heavy (non-hydrogen) atoms. The summed E-state index contributed by atoms with van der Waals surface area (Å²) in [5, 5.41) is 1.32. The van der Waals surface area contributed by atoms with Crippen molar-refractivity contribution in [2.75, 3.05) is 13.1 Å². The van der Waals surface area contributed by atoms with Gasteiger partial charge in [-0.25, -0.2) is 0 Å². The van der Waals surface area contributed by atoms with Crippen LogP contribution in [0.5, 0.6) is 0 Å². The SMILES string of the molecule is CC(C)N1CCCCC(CN)C1c1cccc(Cl)c1Cl. The molecule has 2 nitrogen and oxygen atoms in total. The first-order valence-corrected chi connectivity index (χ1v) is 8.21. The van der Waals surface area contributed by atoms with Crippen molar-refractivity contribution in [2.24, 2.45) is 11.7 Å². The molecule has 1 aliphatic heterocycles. The topological polar surface area (TPSA) is 29.3 Å². The smallest absolute Gasteiger partial charge is 0.0640 e. The molecule has 0 radical (unpaired) electrons. The minimum absolute atomic E-state index is 0.272. The fourth-order valence-corrected chi connectivity index (χ4v) is 3.70. The van der Waals surface area contributed by atoms with Crippen molar-refractivity contribution in [3.8, 4) is 0 Å². The van der Waals surface area contributed by atoms with Crippen LogP contribution in [-0.2, 0) is 0 Å². The van der Waals surface area contributed by atoms with Crippen molar-refractivity contribution >= 4 is 23.2 Å². The fourth-order valence-electron chi connectivity index (χ4n) is 3.28. The highest BCUT2D eigenvalue weighted by atomic mass is 35.5. The second kappa shape index (κ2) is 7.13. The molecule has 1 aromatic rings. The molecule has 1 fully saturated rings. The van der Waals surface area contributed by atoms with Gasteiger partial charge in [-0.15, -0.1) is 0 Å². The minimum atomic E-state index is 0.272. The zero-order valence-corrected chi connectivity index (χ0v) is 13.8. The van der Waals surface area contributed by atoms with Crippen LogP contribution in [0.3, 0.4) is 0 Å². The molecule has 1 saturated heterocycles. The first kappa shape index (κ1) is 16.1. The number of benzene rings is 1. The zero-order chi connectivity index (χ0) is 14.7. The van der Waals surface area contributed by atoms with E-state index >= 15 is 0 Å². The molecule has 0 saturated carbocycles. The van der Waals surface area contributed by atoms with Crippen LogP contribution in [0.15, 0.2) is 18.2 Å². The van der Waals surface area contributed by atoms with Crippen LogP contribution in [-0.4, -0.2) is 24.0 Å². The number of nitrogens with two attached hydrogens (primary N) is 1. The Morgan fingerprint density at radius 2 is 2.05 bits per heavy atom. The van der Waals surface area contributed by atoms with Crippen molar-refractivity contribution in [3.05, 3.63) is 33.8 Å². The van der Waals surface area contributed by atoms with E-state index in [-0.39, 0.29) is 6.04 Å². The van der Waals surface area contributed by atoms with Gasteiger partial charge in [0.05, 0.1) is 10.0 Å². The molecule has 0 aliphatic carbocycles. The van der Waals surface area contributed by atoms with Gasteiger partial charge in [0.2, 0.25) is 0 Å². The molecule has 2 unspecified atom stereocenters. The lowest BCUT2D eigenvalue weighted by Crippen LogP contribution is -2.40. The van der Waals surface area contributed by atoms with Gasteiger partial charge < -0.3 is 5.73 Å². The lowest BCUT2D eigenvalue weighted by Gasteiger charge is -2.38. The Labute approximate surface area is 132 Å². The van der Waals surface area contributed by atoms with E-state index in [0.717, 1.165) is 18.5 Å². The number of hydrogen-bond acceptors (Lipinski definition) is 2. The maximum atomic E-state index is 6.47. The first-order valence-electron chi connectivity index (χ1n) is 7.46. The van der Waals surface area contributed by atoms with Crippen LogP contribution in [0.2, 0.25) is 10.0 Å². The summed E-state index contributed by atoms with van der Waals surface area (Å²) in [4.78, 5) is 2.53. The molecule has 4 heteroatoms. The van der Waals surface area contributed by atoms with E-state index in [0.29, 0.717) is 28.5 Å². The van der Waals surface area contributed by atoms with Crippen molar-refractivity contribution in [3.63, 3.8) is 0 Å². The van der Waals surface area contributed by atoms with Crippen LogP contribution in [0.1, 0.15) is 44.7 Å². The van der Waals surface area contributed by atoms with E-state index in [1.54, 1.807) is 0 Å². The summed E-state index contributed by atoms with van der Waals surface area (Å²) >= 11 is 12.7. The van der Waals surface area contributed by atoms with E-state index < -0.39 is 0 Å². The van der Waals surface area contributed by atoms with E-state index in [1.165, 1.54) is 12.8 Å². The zero-order valence-electron chi connectivity index (χ0n) is 12.3. The molecule has 1 aliphatic rings. The van der Waals surface area contributed by atoms with Crippen LogP contribution < -0.4 is 5.73 Å². The van der Waals surface area contributed by atoms with Crippen molar-refractivity contribution in [1.82, 2.24) is 4.90 Å². The standard InChI is InChI=1S/C16H24Cl2N2/c1-11(2)20-9-4-3-6-12(10-19)16(20)13-7-5-8-14(17)15(13)18/h5,7-8,11-12,16H,3-4,6,9-10,19H2,1-2H3. The van der Waals surface area contributed by atoms with Gasteiger partial charge in [0, 0.05) is 12.1 Å². The predicted molar refractivity (Wildman–Crippen MR) is 87.4 cm³/mol. The maximum Gasteiger partial charge on any atom is 0.0640 e. The molecule has 112 valence electrons. The van der Waals surface area contributed by atoms with Gasteiger partial charge in [-0.1, -0.05) is 41.8 Å². The Bertz CT molecular complexity index is 448. The Morgan fingerprint density at radius 3 is 2.70 bits per heavy atom. The summed E-state index contributed by atoms with van der Waals surface area (Å²) in [6.45, 7) is 6.27. The van der Waals surface area contributed by atoms with Crippen LogP contribution in [0.25, 0.3) is 0 Å². The summed E-state index contributed by atoms with van der Waals surface area (Å²) in [6, 6.07) is 6.68. The van der Waals surface area contributed by atoms with Crippen molar-refractivity contribution in [2.45, 2.75) is 45.2 Å². The highest BCUT2D eigenvalue weighted by Gasteiger charge is 2.33. The number of nitrogens with zero attached hydrogens (tertiary/aromatic N) is 1. The Balaban J connectivity index is 2.46. The molecule has 0 aromatic heterocycles. The maximum absolute atomic E-state index is 6.47. The van der Waals surface area contributed by atoms with Crippen molar-refractivity contribution in [1.29, 1.82) is 0 Å². The van der Waals surface area contributed by atoms with E-state index in [1.807, 2.05) is 12.1 Å². The van der Waals surface area contributed by atoms with Crippen LogP contribution in [0.4, 0.5) is 0 Å². The highest BCUT2D eigenvalue weighted by Crippen LogP contribution is 2.40. The summed E-state index contributed by atoms with van der Waals surface area (Å²) in [6.07, 6.45) is 3.62. The van der Waals surface area contributed by atoms with E-state index in [9.17, 15) is 0 Å². The number of rotatable bonds is 3. The molecule has 0 spiro atoms. The first-order chi connectivity index (χ1) is 9.56. The van der Waals surface area contributed by atoms with Gasteiger partial charge in [-0.05, 0) is 57.3 Å². The molecule has 0 bridgehead atoms. The summed E-state index contributed by atoms with van der Waals surface area (Å²) in [5.41, 5.74) is 7.18. The predicted octanol–water partition coefficient (Wildman–Crippen LogP) is 4.50. The Kier molecular flexibility index (Phi) is 5.74. The number of halogens is 2. The van der Waals surface area contributed by atoms with Crippen LogP contribution in [0, 0.1) is 5.92 Å². The Morgan fingerprint density at radius 1 is 1.30 bits per heavy atom. The lowest BCUT2D eigenvalue weighted by molar-refractivity contribution is 0.121. The number of hydrogen-bond donors (Lipinski definition) is 1. The average Bonchev–Trinajstić information content (AvgIpc) is 2.64. The third-order valence-electron chi connectivity index (χ3n) is 4.31. The van der Waals surface area contributed by atoms with Gasteiger partial charge >= 0.3 is 0 Å². The molecule has 1 heterocycles. The van der Waals surface area contributed by atoms with Gasteiger partial charge in [0.1, 0.15) is 0 Å². The second-order valence-electron chi connectivity index (χ2n) is 5.91. The van der Waals surface area contributed by atoms with E-state index in [4.69, 9.17) is 28.9 Å². The second-order valence-corrected chi connectivity index (χ2v) is 6.70. The van der Waals surface area contributed by atoms with E-state index in [2.05, 4.69) is 24.8 Å². The summed E-state index contributed by atoms with van der Waals surface area (Å²) in [7, 11) is 0. The van der Waals surface area contributed by atoms with Gasteiger partial charge in [-0.3, -0.25) is 4.90 Å². The highest BCUT2D eigenvalue weighted by molar-refractivity contribution is 6.42. The quantitative estimate of drug-likeness (QED) is 0.889. The van der Waals surface area contributed by atoms with Gasteiger partial charge in [0.15, 0.2) is 0 Å². The third-order valence-corrected chi connectivity index (χ3v) is 5.14.